The van der Waals surface area contributed by atoms with Gasteiger partial charge in [0.2, 0.25) is 5.95 Å². The lowest BCUT2D eigenvalue weighted by molar-refractivity contribution is -0.118. The Hall–Kier alpha value is -4.59. The third kappa shape index (κ3) is 4.79. The molecule has 8 heteroatoms. The minimum absolute atomic E-state index is 0.182. The van der Waals surface area contributed by atoms with Crippen LogP contribution in [0, 0.1) is 0 Å². The Labute approximate surface area is 209 Å². The van der Waals surface area contributed by atoms with E-state index in [1.807, 2.05) is 85.8 Å². The number of nitrogens with zero attached hydrogens (tertiary/aromatic N) is 3. The fourth-order valence-corrected chi connectivity index (χ4v) is 4.28. The third-order valence-corrected chi connectivity index (χ3v) is 6.08. The lowest BCUT2D eigenvalue weighted by atomic mass is 9.94. The molecule has 0 saturated heterocycles. The predicted molar refractivity (Wildman–Crippen MR) is 137 cm³/mol. The molecule has 5 rings (SSSR count). The van der Waals surface area contributed by atoms with Crippen LogP contribution in [0.25, 0.3) is 0 Å². The molecule has 2 heterocycles. The van der Waals surface area contributed by atoms with Gasteiger partial charge in [-0.05, 0) is 35.7 Å². The highest BCUT2D eigenvalue weighted by molar-refractivity contribution is 5.96. The Morgan fingerprint density at radius 1 is 1.00 bits per heavy atom. The number of nitrogens with one attached hydrogen (secondary N) is 2. The van der Waals surface area contributed by atoms with Gasteiger partial charge in [0.25, 0.3) is 5.91 Å². The normalized spacial score (nSPS) is 14.6. The van der Waals surface area contributed by atoms with Crippen molar-refractivity contribution in [3.05, 3.63) is 113 Å². The maximum absolute atomic E-state index is 13.5. The summed E-state index contributed by atoms with van der Waals surface area (Å²) < 4.78 is 13.4. The van der Waals surface area contributed by atoms with Crippen LogP contribution in [-0.2, 0) is 17.9 Å². The highest BCUT2D eigenvalue weighted by Gasteiger charge is 2.33. The van der Waals surface area contributed by atoms with E-state index in [0.29, 0.717) is 36.2 Å². The van der Waals surface area contributed by atoms with Gasteiger partial charge in [0.1, 0.15) is 19.0 Å². The average molecular weight is 482 g/mol. The van der Waals surface area contributed by atoms with Crippen LogP contribution in [0.4, 0.5) is 5.95 Å². The lowest BCUT2D eigenvalue weighted by Crippen LogP contribution is -2.34. The topological polar surface area (TPSA) is 90.3 Å². The van der Waals surface area contributed by atoms with E-state index < -0.39 is 6.04 Å². The summed E-state index contributed by atoms with van der Waals surface area (Å²) in [5.74, 6) is 1.58. The van der Waals surface area contributed by atoms with Crippen LogP contribution in [0.2, 0.25) is 0 Å². The van der Waals surface area contributed by atoms with Crippen LogP contribution >= 0.6 is 0 Å². The zero-order chi connectivity index (χ0) is 24.9. The van der Waals surface area contributed by atoms with Crippen LogP contribution in [0.5, 0.6) is 11.5 Å². The first-order chi connectivity index (χ1) is 17.6. The van der Waals surface area contributed by atoms with Crippen LogP contribution in [0.3, 0.4) is 0 Å². The second kappa shape index (κ2) is 10.4. The van der Waals surface area contributed by atoms with E-state index in [9.17, 15) is 4.79 Å². The van der Waals surface area contributed by atoms with Crippen molar-refractivity contribution in [2.24, 2.45) is 0 Å². The molecule has 0 spiro atoms. The number of allylic oxidation sites excluding steroid dienone is 1. The van der Waals surface area contributed by atoms with E-state index in [1.54, 1.807) is 11.8 Å². The Balaban J connectivity index is 1.44. The number of benzene rings is 3. The molecule has 0 saturated carbocycles. The fourth-order valence-electron chi connectivity index (χ4n) is 4.28. The van der Waals surface area contributed by atoms with Gasteiger partial charge < -0.3 is 20.1 Å². The molecular weight excluding hydrogens is 454 g/mol. The number of rotatable bonds is 8. The van der Waals surface area contributed by atoms with Gasteiger partial charge in [0.15, 0.2) is 11.5 Å². The number of anilines is 1. The number of fused-ring (bicyclic) bond motifs is 1. The molecule has 1 amide bonds. The highest BCUT2D eigenvalue weighted by atomic mass is 16.5. The van der Waals surface area contributed by atoms with Crippen LogP contribution < -0.4 is 20.1 Å². The third-order valence-electron chi connectivity index (χ3n) is 6.08. The first-order valence-electron chi connectivity index (χ1n) is 11.7. The molecule has 4 aromatic rings. The van der Waals surface area contributed by atoms with E-state index >= 15 is 0 Å². The van der Waals surface area contributed by atoms with Gasteiger partial charge in [-0.1, -0.05) is 66.7 Å². The standard InChI is InChI=1S/C28H27N5O3/c1-19-25(27(34)29-16-20-9-5-3-6-10-20)26(33-28(32-19)30-18-31-33)22-13-14-23(24(15-22)35-2)36-17-21-11-7-4-8-12-21/h3-15,18,26H,16-17H2,1-2H3,(H,29,34)(H,30,31,32)/t26-/m1/s1. The average Bonchev–Trinajstić information content (AvgIpc) is 3.39. The van der Waals surface area contributed by atoms with E-state index in [-0.39, 0.29) is 5.91 Å². The van der Waals surface area contributed by atoms with Crippen molar-refractivity contribution in [2.45, 2.75) is 26.1 Å². The Kier molecular flexibility index (Phi) is 6.66. The van der Waals surface area contributed by atoms with E-state index in [1.165, 1.54) is 6.33 Å². The summed E-state index contributed by atoms with van der Waals surface area (Å²) in [7, 11) is 1.60. The summed E-state index contributed by atoms with van der Waals surface area (Å²) in [6.45, 7) is 2.71. The Morgan fingerprint density at radius 2 is 1.72 bits per heavy atom. The maximum Gasteiger partial charge on any atom is 0.251 e. The number of hydrogen-bond acceptors (Lipinski definition) is 6. The van der Waals surface area contributed by atoms with Crippen LogP contribution in [0.1, 0.15) is 29.7 Å². The van der Waals surface area contributed by atoms with Crippen molar-refractivity contribution in [1.82, 2.24) is 20.1 Å². The summed E-state index contributed by atoms with van der Waals surface area (Å²) in [5.41, 5.74) is 4.19. The monoisotopic (exact) mass is 481 g/mol. The number of carbonyl (C=O) groups is 1. The highest BCUT2D eigenvalue weighted by Crippen LogP contribution is 2.38. The molecule has 0 fully saturated rings. The summed E-state index contributed by atoms with van der Waals surface area (Å²) >= 11 is 0. The molecule has 36 heavy (non-hydrogen) atoms. The second-order valence-corrected chi connectivity index (χ2v) is 8.45. The molecular formula is C28H27N5O3. The molecule has 1 aromatic heterocycles. The predicted octanol–water partition coefficient (Wildman–Crippen LogP) is 4.47. The number of hydrogen-bond donors (Lipinski definition) is 2. The first kappa shape index (κ1) is 23.2. The van der Waals surface area contributed by atoms with E-state index in [0.717, 1.165) is 22.4 Å². The number of amides is 1. The minimum Gasteiger partial charge on any atom is -0.493 e. The van der Waals surface area contributed by atoms with Gasteiger partial charge in [-0.25, -0.2) is 4.68 Å². The zero-order valence-electron chi connectivity index (χ0n) is 20.1. The summed E-state index contributed by atoms with van der Waals surface area (Å²) in [6, 6.07) is 25.0. The van der Waals surface area contributed by atoms with Crippen LogP contribution in [-0.4, -0.2) is 27.8 Å². The molecule has 182 valence electrons. The van der Waals surface area contributed by atoms with Crippen molar-refractivity contribution >= 4 is 11.9 Å². The van der Waals surface area contributed by atoms with E-state index in [4.69, 9.17) is 9.47 Å². The number of methoxy groups -OCH3 is 1. The number of ether oxygens (including phenoxy) is 2. The molecule has 3 aromatic carbocycles. The maximum atomic E-state index is 13.5. The SMILES string of the molecule is COc1cc([C@@H]2C(C(=O)NCc3ccccc3)=C(C)Nc3ncnn32)ccc1OCc1ccccc1. The van der Waals surface area contributed by atoms with Gasteiger partial charge in [-0.2, -0.15) is 10.1 Å². The molecule has 8 nitrogen and oxygen atoms in total. The summed E-state index contributed by atoms with van der Waals surface area (Å²) in [6.07, 6.45) is 1.47. The second-order valence-electron chi connectivity index (χ2n) is 8.45. The van der Waals surface area contributed by atoms with Crippen molar-refractivity contribution in [2.75, 3.05) is 12.4 Å². The van der Waals surface area contributed by atoms with Gasteiger partial charge >= 0.3 is 0 Å². The smallest absolute Gasteiger partial charge is 0.251 e. The lowest BCUT2D eigenvalue weighted by Gasteiger charge is -2.29. The first-order valence-corrected chi connectivity index (χ1v) is 11.7. The number of carbonyl (C=O) groups excluding carboxylic acids is 1. The molecule has 1 atom stereocenters. The van der Waals surface area contributed by atoms with Gasteiger partial charge in [-0.15, -0.1) is 0 Å². The zero-order valence-corrected chi connectivity index (χ0v) is 20.1. The van der Waals surface area contributed by atoms with E-state index in [2.05, 4.69) is 20.7 Å². The summed E-state index contributed by atoms with van der Waals surface area (Å²) in [4.78, 5) is 17.8. The van der Waals surface area contributed by atoms with Gasteiger partial charge in [0.05, 0.1) is 12.7 Å². The molecule has 1 aliphatic heterocycles. The van der Waals surface area contributed by atoms with Gasteiger partial charge in [0, 0.05) is 12.2 Å². The quantitative estimate of drug-likeness (QED) is 0.386. The van der Waals surface area contributed by atoms with Crippen molar-refractivity contribution in [3.63, 3.8) is 0 Å². The molecule has 0 radical (unpaired) electrons. The molecule has 2 N–H and O–H groups in total. The minimum atomic E-state index is -0.489. The Bertz CT molecular complexity index is 1380. The largest absolute Gasteiger partial charge is 0.493 e. The van der Waals surface area contributed by atoms with Crippen molar-refractivity contribution < 1.29 is 14.3 Å². The summed E-state index contributed by atoms with van der Waals surface area (Å²) in [5, 5.41) is 10.7. The van der Waals surface area contributed by atoms with Gasteiger partial charge in [-0.3, -0.25) is 4.79 Å². The molecule has 0 unspecified atom stereocenters. The number of aromatic nitrogens is 3. The van der Waals surface area contributed by atoms with Crippen molar-refractivity contribution in [3.8, 4) is 11.5 Å². The van der Waals surface area contributed by atoms with Crippen molar-refractivity contribution in [1.29, 1.82) is 0 Å². The molecule has 0 bridgehead atoms. The molecule has 0 aliphatic carbocycles. The fraction of sp³-hybridized carbons (Fsp3) is 0.179. The molecule has 1 aliphatic rings. The Morgan fingerprint density at radius 3 is 2.44 bits per heavy atom. The van der Waals surface area contributed by atoms with Crippen LogP contribution in [0.15, 0.2) is 96.5 Å².